The van der Waals surface area contributed by atoms with E-state index in [-0.39, 0.29) is 35.6 Å². The van der Waals surface area contributed by atoms with Gasteiger partial charge in [-0.25, -0.2) is 6.08 Å². The molecule has 0 aliphatic rings. The first-order valence-electron chi connectivity index (χ1n) is 8.55. The van der Waals surface area contributed by atoms with Gasteiger partial charge in [0.1, 0.15) is 0 Å². The van der Waals surface area contributed by atoms with Gasteiger partial charge in [0.25, 0.3) is 0 Å². The summed E-state index contributed by atoms with van der Waals surface area (Å²) < 4.78 is 0.894. The molecule has 30 heavy (non-hydrogen) atoms. The molecule has 0 aliphatic carbocycles. The molecule has 0 atom stereocenters. The van der Waals surface area contributed by atoms with Crippen LogP contribution in [0.15, 0.2) is 65.6 Å². The van der Waals surface area contributed by atoms with Crippen molar-refractivity contribution in [3.63, 3.8) is 0 Å². The van der Waals surface area contributed by atoms with Gasteiger partial charge in [0.2, 0.25) is 0 Å². The van der Waals surface area contributed by atoms with Crippen LogP contribution in [0, 0.1) is 12.1 Å². The Bertz CT molecular complexity index is 1100. The summed E-state index contributed by atoms with van der Waals surface area (Å²) in [5.74, 6) is 0.411. The summed E-state index contributed by atoms with van der Waals surface area (Å²) >= 11 is 8.78. The third-order valence-corrected chi connectivity index (χ3v) is 4.72. The van der Waals surface area contributed by atoms with E-state index < -0.39 is 0 Å². The molecule has 2 aromatic heterocycles. The van der Waals surface area contributed by atoms with Gasteiger partial charge in [0.15, 0.2) is 0 Å². The first kappa shape index (κ1) is 28.5. The Morgan fingerprint density at radius 1 is 0.967 bits per heavy atom. The Hall–Kier alpha value is -1.46. The predicted octanol–water partition coefficient (Wildman–Crippen LogP) is 7.73. The van der Waals surface area contributed by atoms with E-state index in [2.05, 4.69) is 77.7 Å². The second kappa shape index (κ2) is 13.1. The molecule has 7 heteroatoms. The van der Waals surface area contributed by atoms with Crippen LogP contribution in [-0.4, -0.2) is 9.97 Å². The Morgan fingerprint density at radius 2 is 1.53 bits per heavy atom. The van der Waals surface area contributed by atoms with E-state index in [9.17, 15) is 0 Å². The molecule has 158 valence electrons. The second-order valence-electron chi connectivity index (χ2n) is 6.32. The van der Waals surface area contributed by atoms with Gasteiger partial charge < -0.3 is 6.15 Å². The van der Waals surface area contributed by atoms with Crippen LogP contribution in [0.4, 0.5) is 0 Å². The van der Waals surface area contributed by atoms with Gasteiger partial charge in [-0.15, -0.1) is 41.8 Å². The van der Waals surface area contributed by atoms with Crippen molar-refractivity contribution in [3.8, 4) is 0 Å². The average Bonchev–Trinajstić information content (AvgIpc) is 2.67. The smallest absolute Gasteiger partial charge is 0.344 e. The minimum Gasteiger partial charge on any atom is -0.344 e. The minimum absolute atomic E-state index is 0. The zero-order valence-electron chi connectivity index (χ0n) is 16.6. The quantitative estimate of drug-likeness (QED) is 0.159. The van der Waals surface area contributed by atoms with E-state index in [1.165, 1.54) is 0 Å². The van der Waals surface area contributed by atoms with E-state index >= 15 is 0 Å². The summed E-state index contributed by atoms with van der Waals surface area (Å²) in [5.41, 5.74) is 3.74. The Balaban J connectivity index is 0.000000659. The number of fused-ring (bicyclic) bond motifs is 3. The summed E-state index contributed by atoms with van der Waals surface area (Å²) in [6.07, 6.45) is 2.83. The second-order valence-corrected chi connectivity index (χ2v) is 7.58. The fraction of sp³-hybridized carbons (Fsp3) is 0.130. The molecule has 0 bridgehead atoms. The number of benzene rings is 2. The van der Waals surface area contributed by atoms with Crippen LogP contribution in [0.25, 0.3) is 21.8 Å². The Kier molecular flexibility index (Phi) is 12.4. The van der Waals surface area contributed by atoms with Gasteiger partial charge in [-0.2, -0.15) is 30.8 Å². The molecule has 0 fully saturated rings. The first-order valence-corrected chi connectivity index (χ1v) is 9.72. The Morgan fingerprint density at radius 3 is 2.03 bits per heavy atom. The minimum atomic E-state index is 0. The van der Waals surface area contributed by atoms with Crippen LogP contribution in [0.2, 0.25) is 5.02 Å². The average molecular weight is 547 g/mol. The third-order valence-electron chi connectivity index (χ3n) is 4.04. The van der Waals surface area contributed by atoms with Crippen LogP contribution < -0.4 is 6.15 Å². The maximum absolute atomic E-state index is 5.56. The van der Waals surface area contributed by atoms with Crippen molar-refractivity contribution < 1.29 is 17.1 Å². The summed E-state index contributed by atoms with van der Waals surface area (Å²) in [6.45, 7) is 7.95. The number of hydrogen-bond acceptors (Lipinski definition) is 3. The summed E-state index contributed by atoms with van der Waals surface area (Å²) in [5, 5.41) is 2.85. The van der Waals surface area contributed by atoms with Crippen LogP contribution in [0.5, 0.6) is 0 Å². The van der Waals surface area contributed by atoms with Crippen molar-refractivity contribution in [2.45, 2.75) is 19.8 Å². The molecule has 0 unspecified atom stereocenters. The molecule has 4 aromatic rings. The van der Waals surface area contributed by atoms with Crippen molar-refractivity contribution in [2.75, 3.05) is 0 Å². The predicted molar refractivity (Wildman–Crippen MR) is 129 cm³/mol. The maximum Gasteiger partial charge on any atom is 2.00 e. The molecule has 3 N–H and O–H groups in total. The van der Waals surface area contributed by atoms with E-state index in [1.807, 2.05) is 24.3 Å². The number of halogens is 3. The molecule has 0 saturated heterocycles. The van der Waals surface area contributed by atoms with Crippen molar-refractivity contribution in [3.05, 3.63) is 94.2 Å². The summed E-state index contributed by atoms with van der Waals surface area (Å²) in [6, 6.07) is 20.7. The largest absolute Gasteiger partial charge is 2.00 e. The number of nitrogens with zero attached hydrogens (tertiary/aromatic N) is 2. The molecule has 0 saturated carbocycles. The van der Waals surface area contributed by atoms with Crippen molar-refractivity contribution in [1.29, 1.82) is 0 Å². The molecule has 3 nitrogen and oxygen atoms in total. The van der Waals surface area contributed by atoms with Crippen molar-refractivity contribution in [1.82, 2.24) is 16.1 Å². The monoisotopic (exact) mass is 545 g/mol. The number of pyridine rings is 2. The number of aromatic nitrogens is 2. The number of rotatable bonds is 2. The van der Waals surface area contributed by atoms with E-state index in [0.29, 0.717) is 10.9 Å². The molecule has 2 aromatic carbocycles. The SMILES string of the molecule is C=[C-]c1ccc2ccc3ccc(C(C)C)nc3c2n1.Cl.Clc1[c-]c(Br)ccc1.N.[Fe+2]. The van der Waals surface area contributed by atoms with Crippen LogP contribution in [-0.2, 0) is 17.1 Å². The van der Waals surface area contributed by atoms with Crippen molar-refractivity contribution >= 4 is 61.7 Å². The van der Waals surface area contributed by atoms with Crippen LogP contribution in [0.1, 0.15) is 31.2 Å². The van der Waals surface area contributed by atoms with Gasteiger partial charge in [0, 0.05) is 11.1 Å². The third kappa shape index (κ3) is 7.05. The molecule has 0 spiro atoms. The zero-order chi connectivity index (χ0) is 19.4. The maximum atomic E-state index is 5.56. The summed E-state index contributed by atoms with van der Waals surface area (Å²) in [7, 11) is 0. The van der Waals surface area contributed by atoms with Crippen LogP contribution >= 0.6 is 39.9 Å². The van der Waals surface area contributed by atoms with Crippen molar-refractivity contribution in [2.24, 2.45) is 0 Å². The molecule has 0 amide bonds. The normalized spacial score (nSPS) is 9.63. The summed E-state index contributed by atoms with van der Waals surface area (Å²) in [4.78, 5) is 9.35. The standard InChI is InChI=1S/C17H15N2.C6H3BrCl.ClH.Fe.H3N/c1-4-14-9-7-12-5-6-13-8-10-15(11(2)3)19-17(13)16(12)18-14;7-5-2-1-3-6(8)4-5;;;/h5-11H,1H2,2-3H3;1-3H;1H;;1H3/q2*-1;;+2;. The van der Waals surface area contributed by atoms with Gasteiger partial charge in [-0.05, 0) is 17.4 Å². The molecular formula is C23H22BrCl2FeN3. The zero-order valence-corrected chi connectivity index (χ0v) is 20.9. The van der Waals surface area contributed by atoms with Gasteiger partial charge in [0.05, 0.1) is 11.0 Å². The van der Waals surface area contributed by atoms with Gasteiger partial charge >= 0.3 is 17.1 Å². The molecule has 0 radical (unpaired) electrons. The molecule has 4 rings (SSSR count). The fourth-order valence-corrected chi connectivity index (χ4v) is 3.27. The Labute approximate surface area is 207 Å². The number of hydrogen-bond donors (Lipinski definition) is 1. The van der Waals surface area contributed by atoms with E-state index in [0.717, 1.165) is 37.7 Å². The van der Waals surface area contributed by atoms with Gasteiger partial charge in [-0.1, -0.05) is 57.5 Å². The molecule has 0 aliphatic heterocycles. The molecular weight excluding hydrogens is 525 g/mol. The van der Waals surface area contributed by atoms with Gasteiger partial charge in [-0.3, -0.25) is 9.97 Å². The van der Waals surface area contributed by atoms with E-state index in [4.69, 9.17) is 16.6 Å². The topological polar surface area (TPSA) is 60.8 Å². The fourth-order valence-electron chi connectivity index (χ4n) is 2.62. The molecule has 2 heterocycles. The van der Waals surface area contributed by atoms with E-state index in [1.54, 1.807) is 6.07 Å². The first-order chi connectivity index (χ1) is 13.0. The van der Waals surface area contributed by atoms with Crippen LogP contribution in [0.3, 0.4) is 0 Å².